The first-order valence-electron chi connectivity index (χ1n) is 16.1. The third-order valence-corrected chi connectivity index (χ3v) is 12.4. The Morgan fingerprint density at radius 1 is 0.800 bits per heavy atom. The predicted octanol–water partition coefficient (Wildman–Crippen LogP) is 8.83. The van der Waals surface area contributed by atoms with Crippen LogP contribution in [-0.2, 0) is 4.74 Å². The lowest BCUT2D eigenvalue weighted by Gasteiger charge is -2.62. The number of morpholine rings is 1. The summed E-state index contributed by atoms with van der Waals surface area (Å²) < 4.78 is 5.65. The summed E-state index contributed by atoms with van der Waals surface area (Å²) in [7, 11) is 0. The van der Waals surface area contributed by atoms with Crippen molar-refractivity contribution in [1.82, 2.24) is 4.90 Å². The molecule has 1 saturated heterocycles. The molecule has 0 amide bonds. The Morgan fingerprint density at radius 3 is 2.20 bits per heavy atom. The van der Waals surface area contributed by atoms with E-state index in [0.29, 0.717) is 10.8 Å². The molecule has 8 unspecified atom stereocenters. The second-order valence-electron chi connectivity index (χ2n) is 14.3. The Balaban J connectivity index is 0.00000141. The predicted molar refractivity (Wildman–Crippen MR) is 151 cm³/mol. The smallest absolute Gasteiger partial charge is 0.0594 e. The number of fused-ring (bicyclic) bond motifs is 5. The second-order valence-corrected chi connectivity index (χ2v) is 14.3. The van der Waals surface area contributed by atoms with E-state index in [1.807, 2.05) is 13.8 Å². The van der Waals surface area contributed by atoms with Crippen LogP contribution in [0.4, 0.5) is 0 Å². The maximum atomic E-state index is 5.65. The summed E-state index contributed by atoms with van der Waals surface area (Å²) in [4.78, 5) is 2.79. The Labute approximate surface area is 219 Å². The number of hydrogen-bond donors (Lipinski definition) is 0. The fourth-order valence-corrected chi connectivity index (χ4v) is 10.5. The molecule has 0 radical (unpaired) electrons. The molecule has 4 saturated carbocycles. The molecule has 5 fully saturated rings. The van der Waals surface area contributed by atoms with E-state index in [0.717, 1.165) is 60.7 Å². The highest BCUT2D eigenvalue weighted by Crippen LogP contribution is 2.68. The second kappa shape index (κ2) is 11.8. The van der Waals surface area contributed by atoms with Crippen LogP contribution in [0.1, 0.15) is 126 Å². The number of ether oxygens (including phenoxy) is 1. The van der Waals surface area contributed by atoms with Crippen LogP contribution in [0.25, 0.3) is 0 Å². The average molecular weight is 488 g/mol. The Kier molecular flexibility index (Phi) is 9.38. The van der Waals surface area contributed by atoms with Crippen molar-refractivity contribution in [3.8, 4) is 0 Å². The highest BCUT2D eigenvalue weighted by Gasteiger charge is 2.60. The monoisotopic (exact) mass is 487 g/mol. The fourth-order valence-electron chi connectivity index (χ4n) is 10.5. The molecule has 2 heteroatoms. The third kappa shape index (κ3) is 5.41. The quantitative estimate of drug-likeness (QED) is 0.371. The molecule has 9 atom stereocenters. The number of nitrogens with zero attached hydrogens (tertiary/aromatic N) is 1. The zero-order valence-corrected chi connectivity index (χ0v) is 24.8. The van der Waals surface area contributed by atoms with Gasteiger partial charge in [-0.05, 0) is 110 Å². The van der Waals surface area contributed by atoms with Gasteiger partial charge in [0.1, 0.15) is 0 Å². The molecule has 1 aliphatic heterocycles. The first kappa shape index (κ1) is 27.9. The van der Waals surface area contributed by atoms with Crippen molar-refractivity contribution < 1.29 is 4.74 Å². The van der Waals surface area contributed by atoms with Crippen molar-refractivity contribution in [1.29, 1.82) is 0 Å². The largest absolute Gasteiger partial charge is 0.379 e. The van der Waals surface area contributed by atoms with Crippen molar-refractivity contribution in [3.63, 3.8) is 0 Å². The minimum Gasteiger partial charge on any atom is -0.379 e. The lowest BCUT2D eigenvalue weighted by atomic mass is 9.44. The Bertz CT molecular complexity index is 655. The number of rotatable bonds is 6. The van der Waals surface area contributed by atoms with Gasteiger partial charge in [-0.3, -0.25) is 4.90 Å². The molecule has 0 aromatic carbocycles. The Morgan fingerprint density at radius 2 is 1.49 bits per heavy atom. The van der Waals surface area contributed by atoms with Crippen LogP contribution in [0, 0.1) is 52.3 Å². The van der Waals surface area contributed by atoms with Crippen molar-refractivity contribution in [3.05, 3.63) is 0 Å². The Hall–Kier alpha value is -0.0800. The molecule has 0 aromatic heterocycles. The first-order chi connectivity index (χ1) is 16.8. The van der Waals surface area contributed by atoms with Gasteiger partial charge in [0.15, 0.2) is 0 Å². The van der Waals surface area contributed by atoms with Crippen LogP contribution in [0.15, 0.2) is 0 Å². The SMILES string of the molecule is CC.CC(C)CCC[C@@H](C)C1CCC2C3CCC4CC(N5CCOCC5)CCC4(C)C3CCC21C. The van der Waals surface area contributed by atoms with Crippen LogP contribution < -0.4 is 0 Å². The summed E-state index contributed by atoms with van der Waals surface area (Å²) in [6.07, 6.45) is 18.0. The van der Waals surface area contributed by atoms with E-state index in [2.05, 4.69) is 39.5 Å². The van der Waals surface area contributed by atoms with Crippen molar-refractivity contribution in [2.75, 3.05) is 26.3 Å². The maximum Gasteiger partial charge on any atom is 0.0594 e. The van der Waals surface area contributed by atoms with E-state index in [9.17, 15) is 0 Å². The van der Waals surface area contributed by atoms with Crippen molar-refractivity contribution >= 4 is 0 Å². The van der Waals surface area contributed by atoms with Gasteiger partial charge >= 0.3 is 0 Å². The van der Waals surface area contributed by atoms with E-state index in [-0.39, 0.29) is 0 Å². The topological polar surface area (TPSA) is 12.5 Å². The van der Waals surface area contributed by atoms with Crippen LogP contribution in [-0.4, -0.2) is 37.2 Å². The molecule has 4 aliphatic carbocycles. The molecule has 35 heavy (non-hydrogen) atoms. The lowest BCUT2D eigenvalue weighted by molar-refractivity contribution is -0.127. The van der Waals surface area contributed by atoms with E-state index < -0.39 is 0 Å². The van der Waals surface area contributed by atoms with Gasteiger partial charge in [0.2, 0.25) is 0 Å². The van der Waals surface area contributed by atoms with Gasteiger partial charge < -0.3 is 4.74 Å². The van der Waals surface area contributed by atoms with Gasteiger partial charge in [-0.2, -0.15) is 0 Å². The van der Waals surface area contributed by atoms with E-state index >= 15 is 0 Å². The maximum absolute atomic E-state index is 5.65. The molecular formula is C33H61NO. The van der Waals surface area contributed by atoms with E-state index in [1.165, 1.54) is 70.9 Å². The van der Waals surface area contributed by atoms with Gasteiger partial charge in [-0.25, -0.2) is 0 Å². The van der Waals surface area contributed by atoms with E-state index in [4.69, 9.17) is 4.74 Å². The molecule has 0 spiro atoms. The molecule has 1 heterocycles. The van der Waals surface area contributed by atoms with Gasteiger partial charge in [-0.1, -0.05) is 67.7 Å². The number of hydrogen-bond acceptors (Lipinski definition) is 2. The first-order valence-corrected chi connectivity index (χ1v) is 16.1. The minimum absolute atomic E-state index is 0.633. The minimum atomic E-state index is 0.633. The summed E-state index contributed by atoms with van der Waals surface area (Å²) in [6.45, 7) is 21.2. The molecular weight excluding hydrogens is 426 g/mol. The highest BCUT2D eigenvalue weighted by molar-refractivity contribution is 5.10. The summed E-state index contributed by atoms with van der Waals surface area (Å²) in [5.41, 5.74) is 1.28. The average Bonchev–Trinajstić information content (AvgIpc) is 3.22. The highest BCUT2D eigenvalue weighted by atomic mass is 16.5. The molecule has 0 aromatic rings. The molecule has 5 aliphatic rings. The standard InChI is InChI=1S/C31H55NO.C2H6/c1-22(2)7-6-8-23(3)27-11-12-28-26-10-9-24-21-25(32-17-19-33-20-18-32)13-15-30(24,4)29(26)14-16-31(27,28)5;1-2/h22-29H,6-21H2,1-5H3;1-2H3/t23-,24?,25?,26?,27?,28?,29?,30?,31?;/m1./s1. The van der Waals surface area contributed by atoms with Crippen molar-refractivity contribution in [2.24, 2.45) is 52.3 Å². The van der Waals surface area contributed by atoms with Crippen LogP contribution >= 0.6 is 0 Å². The van der Waals surface area contributed by atoms with Gasteiger partial charge in [0, 0.05) is 19.1 Å². The summed E-state index contributed by atoms with van der Waals surface area (Å²) >= 11 is 0. The fraction of sp³-hybridized carbons (Fsp3) is 1.00. The van der Waals surface area contributed by atoms with Gasteiger partial charge in [0.25, 0.3) is 0 Å². The normalized spacial score (nSPS) is 44.6. The molecule has 2 nitrogen and oxygen atoms in total. The lowest BCUT2D eigenvalue weighted by Crippen LogP contribution is -2.56. The van der Waals surface area contributed by atoms with Crippen LogP contribution in [0.3, 0.4) is 0 Å². The van der Waals surface area contributed by atoms with Gasteiger partial charge in [-0.15, -0.1) is 0 Å². The van der Waals surface area contributed by atoms with Gasteiger partial charge in [0.05, 0.1) is 13.2 Å². The van der Waals surface area contributed by atoms with Crippen molar-refractivity contribution in [2.45, 2.75) is 132 Å². The summed E-state index contributed by atoms with van der Waals surface area (Å²) in [5, 5.41) is 0. The summed E-state index contributed by atoms with van der Waals surface area (Å²) in [6, 6.07) is 0.847. The van der Waals surface area contributed by atoms with E-state index in [1.54, 1.807) is 19.3 Å². The molecule has 204 valence electrons. The summed E-state index contributed by atoms with van der Waals surface area (Å²) in [5.74, 6) is 6.88. The van der Waals surface area contributed by atoms with Crippen LogP contribution in [0.5, 0.6) is 0 Å². The molecule has 0 bridgehead atoms. The molecule has 0 N–H and O–H groups in total. The zero-order chi connectivity index (χ0) is 25.2. The molecule has 5 rings (SSSR count). The third-order valence-electron chi connectivity index (χ3n) is 12.4. The van der Waals surface area contributed by atoms with Crippen LogP contribution in [0.2, 0.25) is 0 Å². The zero-order valence-electron chi connectivity index (χ0n) is 24.8.